The van der Waals surface area contributed by atoms with E-state index in [4.69, 9.17) is 4.74 Å². The predicted octanol–water partition coefficient (Wildman–Crippen LogP) is 1.41. The molecule has 0 radical (unpaired) electrons. The van der Waals surface area contributed by atoms with Crippen molar-refractivity contribution in [2.75, 3.05) is 13.2 Å². The van der Waals surface area contributed by atoms with Gasteiger partial charge in [-0.25, -0.2) is 4.57 Å². The number of ether oxygens (including phenoxy) is 1. The quantitative estimate of drug-likeness (QED) is 0.592. The van der Waals surface area contributed by atoms with Crippen molar-refractivity contribution in [2.24, 2.45) is 7.05 Å². The van der Waals surface area contributed by atoms with Crippen LogP contribution in [0.25, 0.3) is 0 Å². The zero-order valence-electron chi connectivity index (χ0n) is 8.07. The summed E-state index contributed by atoms with van der Waals surface area (Å²) in [5, 5.41) is 0. The van der Waals surface area contributed by atoms with Crippen LogP contribution in [0.3, 0.4) is 0 Å². The fourth-order valence-corrected chi connectivity index (χ4v) is 1.82. The molecule has 0 saturated carbocycles. The average molecular weight is 178 g/mol. The number of nitrogens with zero attached hydrogens (tertiary/aromatic N) is 1. The first kappa shape index (κ1) is 8.70. The fourth-order valence-electron chi connectivity index (χ4n) is 1.82. The second-order valence-corrected chi connectivity index (χ2v) is 3.68. The lowest BCUT2D eigenvalue weighted by atomic mass is 9.93. The third-order valence-corrected chi connectivity index (χ3v) is 2.70. The third kappa shape index (κ3) is 2.07. The van der Waals surface area contributed by atoms with E-state index < -0.39 is 0 Å². The summed E-state index contributed by atoms with van der Waals surface area (Å²) in [5.74, 6) is 0.718. The molecule has 70 valence electrons. The van der Waals surface area contributed by atoms with Gasteiger partial charge in [0.05, 0.1) is 0 Å². The Morgan fingerprint density at radius 2 is 1.85 bits per heavy atom. The largest absolute Gasteiger partial charge is 0.381 e. The SMILES string of the molecule is C[n+]1ccc(C2CCOCC2)cc1. The smallest absolute Gasteiger partial charge is 0.168 e. The Kier molecular flexibility index (Phi) is 2.60. The van der Waals surface area contributed by atoms with E-state index in [-0.39, 0.29) is 0 Å². The first-order valence-corrected chi connectivity index (χ1v) is 4.89. The van der Waals surface area contributed by atoms with Crippen molar-refractivity contribution in [3.63, 3.8) is 0 Å². The molecule has 0 aliphatic carbocycles. The monoisotopic (exact) mass is 178 g/mol. The van der Waals surface area contributed by atoms with Gasteiger partial charge in [0.1, 0.15) is 7.05 Å². The third-order valence-electron chi connectivity index (χ3n) is 2.70. The van der Waals surface area contributed by atoms with E-state index in [2.05, 4.69) is 29.1 Å². The second-order valence-electron chi connectivity index (χ2n) is 3.68. The van der Waals surface area contributed by atoms with Crippen LogP contribution in [-0.2, 0) is 11.8 Å². The van der Waals surface area contributed by atoms with Gasteiger partial charge in [0.2, 0.25) is 0 Å². The van der Waals surface area contributed by atoms with E-state index >= 15 is 0 Å². The maximum Gasteiger partial charge on any atom is 0.168 e. The lowest BCUT2D eigenvalue weighted by Gasteiger charge is -2.21. The maximum absolute atomic E-state index is 5.34. The van der Waals surface area contributed by atoms with Crippen LogP contribution in [0, 0.1) is 0 Å². The predicted molar refractivity (Wildman–Crippen MR) is 50.4 cm³/mol. The first-order valence-electron chi connectivity index (χ1n) is 4.89. The number of hydrogen-bond acceptors (Lipinski definition) is 1. The van der Waals surface area contributed by atoms with Crippen LogP contribution in [-0.4, -0.2) is 13.2 Å². The molecule has 0 amide bonds. The molecule has 1 aromatic rings. The highest BCUT2D eigenvalue weighted by atomic mass is 16.5. The zero-order valence-corrected chi connectivity index (χ0v) is 8.07. The van der Waals surface area contributed by atoms with Crippen LogP contribution < -0.4 is 4.57 Å². The van der Waals surface area contributed by atoms with Gasteiger partial charge in [0.25, 0.3) is 0 Å². The number of hydrogen-bond donors (Lipinski definition) is 0. The van der Waals surface area contributed by atoms with Crippen molar-refractivity contribution in [2.45, 2.75) is 18.8 Å². The lowest BCUT2D eigenvalue weighted by Crippen LogP contribution is -2.26. The molecular weight excluding hydrogens is 162 g/mol. The standard InChI is InChI=1S/C11H16NO/c1-12-6-2-10(3-7-12)11-4-8-13-9-5-11/h2-3,6-7,11H,4-5,8-9H2,1H3/q+1. The van der Waals surface area contributed by atoms with Crippen molar-refractivity contribution < 1.29 is 9.30 Å². The minimum absolute atomic E-state index is 0.718. The fraction of sp³-hybridized carbons (Fsp3) is 0.545. The van der Waals surface area contributed by atoms with Crippen molar-refractivity contribution in [3.8, 4) is 0 Å². The summed E-state index contributed by atoms with van der Waals surface area (Å²) in [6, 6.07) is 4.44. The summed E-state index contributed by atoms with van der Waals surface area (Å²) in [6.07, 6.45) is 6.58. The molecule has 0 spiro atoms. The van der Waals surface area contributed by atoms with Crippen LogP contribution in [0.5, 0.6) is 0 Å². The molecule has 2 heteroatoms. The van der Waals surface area contributed by atoms with Gasteiger partial charge in [-0.1, -0.05) is 0 Å². The van der Waals surface area contributed by atoms with Gasteiger partial charge in [-0.2, -0.15) is 0 Å². The van der Waals surface area contributed by atoms with Crippen LogP contribution >= 0.6 is 0 Å². The molecule has 1 aliphatic rings. The van der Waals surface area contributed by atoms with Gasteiger partial charge < -0.3 is 4.74 Å². The molecule has 0 N–H and O–H groups in total. The Morgan fingerprint density at radius 1 is 1.23 bits per heavy atom. The molecule has 0 aromatic carbocycles. The zero-order chi connectivity index (χ0) is 9.10. The van der Waals surface area contributed by atoms with Crippen molar-refractivity contribution in [1.29, 1.82) is 0 Å². The second kappa shape index (κ2) is 3.88. The first-order chi connectivity index (χ1) is 6.36. The van der Waals surface area contributed by atoms with E-state index in [1.807, 2.05) is 7.05 Å². The van der Waals surface area contributed by atoms with Gasteiger partial charge in [0, 0.05) is 25.3 Å². The minimum Gasteiger partial charge on any atom is -0.381 e. The molecule has 1 aromatic heterocycles. The van der Waals surface area contributed by atoms with Crippen LogP contribution in [0.1, 0.15) is 24.3 Å². The van der Waals surface area contributed by atoms with Crippen molar-refractivity contribution in [1.82, 2.24) is 0 Å². The number of aromatic nitrogens is 1. The van der Waals surface area contributed by atoms with Crippen LogP contribution in [0.2, 0.25) is 0 Å². The Morgan fingerprint density at radius 3 is 2.46 bits per heavy atom. The highest BCUT2D eigenvalue weighted by Crippen LogP contribution is 2.25. The summed E-state index contributed by atoms with van der Waals surface area (Å²) in [7, 11) is 2.05. The molecule has 1 fully saturated rings. The van der Waals surface area contributed by atoms with Gasteiger partial charge >= 0.3 is 0 Å². The highest BCUT2D eigenvalue weighted by molar-refractivity contribution is 5.14. The van der Waals surface area contributed by atoms with E-state index in [0.717, 1.165) is 19.1 Å². The van der Waals surface area contributed by atoms with Crippen LogP contribution in [0.4, 0.5) is 0 Å². The Hall–Kier alpha value is -0.890. The number of pyridine rings is 1. The lowest BCUT2D eigenvalue weighted by molar-refractivity contribution is -0.671. The molecule has 2 nitrogen and oxygen atoms in total. The summed E-state index contributed by atoms with van der Waals surface area (Å²) >= 11 is 0. The topological polar surface area (TPSA) is 13.1 Å². The summed E-state index contributed by atoms with van der Waals surface area (Å²) in [4.78, 5) is 0. The number of aryl methyl sites for hydroxylation is 1. The summed E-state index contributed by atoms with van der Waals surface area (Å²) in [6.45, 7) is 1.84. The van der Waals surface area contributed by atoms with Gasteiger partial charge in [-0.3, -0.25) is 0 Å². The highest BCUT2D eigenvalue weighted by Gasteiger charge is 2.15. The molecule has 13 heavy (non-hydrogen) atoms. The summed E-state index contributed by atoms with van der Waals surface area (Å²) < 4.78 is 7.41. The van der Waals surface area contributed by atoms with Crippen molar-refractivity contribution in [3.05, 3.63) is 30.1 Å². The Labute approximate surface area is 79.2 Å². The molecule has 1 saturated heterocycles. The molecular formula is C11H16NO+. The minimum atomic E-state index is 0.718. The molecule has 2 heterocycles. The van der Waals surface area contributed by atoms with Crippen LogP contribution in [0.15, 0.2) is 24.5 Å². The maximum atomic E-state index is 5.34. The molecule has 1 aliphatic heterocycles. The van der Waals surface area contributed by atoms with E-state index in [0.29, 0.717) is 0 Å². The van der Waals surface area contributed by atoms with Crippen molar-refractivity contribution >= 4 is 0 Å². The summed E-state index contributed by atoms with van der Waals surface area (Å²) in [5.41, 5.74) is 1.46. The van der Waals surface area contributed by atoms with E-state index in [9.17, 15) is 0 Å². The van der Waals surface area contributed by atoms with E-state index in [1.54, 1.807) is 0 Å². The average Bonchev–Trinajstić information content (AvgIpc) is 2.20. The van der Waals surface area contributed by atoms with Gasteiger partial charge in [0.15, 0.2) is 12.4 Å². The Bertz CT molecular complexity index is 262. The molecule has 0 bridgehead atoms. The normalized spacial score (nSPS) is 18.8. The van der Waals surface area contributed by atoms with E-state index in [1.165, 1.54) is 18.4 Å². The molecule has 0 unspecified atom stereocenters. The molecule has 2 rings (SSSR count). The van der Waals surface area contributed by atoms with Gasteiger partial charge in [-0.15, -0.1) is 0 Å². The van der Waals surface area contributed by atoms with Gasteiger partial charge in [-0.05, 0) is 24.3 Å². The Balaban J connectivity index is 2.10. The molecule has 0 atom stereocenters. The number of rotatable bonds is 1.